The predicted molar refractivity (Wildman–Crippen MR) is 89.1 cm³/mol. The van der Waals surface area contributed by atoms with Crippen LogP contribution in [0.5, 0.6) is 0 Å². The van der Waals surface area contributed by atoms with Gasteiger partial charge in [0.1, 0.15) is 6.04 Å². The number of carbonyl (C=O) groups excluding carboxylic acids is 2. The molecule has 23 heavy (non-hydrogen) atoms. The van der Waals surface area contributed by atoms with Crippen LogP contribution in [0.1, 0.15) is 50.7 Å². The van der Waals surface area contributed by atoms with Crippen LogP contribution in [0, 0.1) is 5.92 Å². The Labute approximate surface area is 137 Å². The Kier molecular flexibility index (Phi) is 4.64. The molecule has 1 aromatic rings. The van der Waals surface area contributed by atoms with E-state index in [0.29, 0.717) is 6.54 Å². The lowest BCUT2D eigenvalue weighted by atomic mass is 9.92. The van der Waals surface area contributed by atoms with Gasteiger partial charge in [-0.05, 0) is 49.7 Å². The van der Waals surface area contributed by atoms with Gasteiger partial charge in [-0.3, -0.25) is 14.6 Å². The van der Waals surface area contributed by atoms with Crippen LogP contribution in [-0.2, 0) is 22.4 Å². The number of aryl methyl sites for hydroxylation is 1. The highest BCUT2D eigenvalue weighted by Gasteiger charge is 2.35. The van der Waals surface area contributed by atoms with Crippen molar-refractivity contribution in [2.75, 3.05) is 11.9 Å². The Bertz CT molecular complexity index is 612. The molecular formula is C18H25N3O2. The summed E-state index contributed by atoms with van der Waals surface area (Å²) in [5.41, 5.74) is 3.30. The van der Waals surface area contributed by atoms with Crippen molar-refractivity contribution >= 4 is 17.5 Å². The third kappa shape index (κ3) is 3.23. The van der Waals surface area contributed by atoms with E-state index in [1.807, 2.05) is 20.0 Å². The number of fused-ring (bicyclic) bond motifs is 1. The van der Waals surface area contributed by atoms with Crippen LogP contribution in [0.15, 0.2) is 12.4 Å². The molecule has 2 amide bonds. The molecule has 0 bridgehead atoms. The van der Waals surface area contributed by atoms with E-state index >= 15 is 0 Å². The van der Waals surface area contributed by atoms with E-state index in [-0.39, 0.29) is 23.8 Å². The largest absolute Gasteiger partial charge is 0.330 e. The molecular weight excluding hydrogens is 290 g/mol. The molecule has 5 nitrogen and oxygen atoms in total. The van der Waals surface area contributed by atoms with Crippen LogP contribution >= 0.6 is 0 Å². The lowest BCUT2D eigenvalue weighted by molar-refractivity contribution is -0.139. The molecule has 1 unspecified atom stereocenters. The molecule has 5 heteroatoms. The quantitative estimate of drug-likeness (QED) is 0.932. The molecule has 0 spiro atoms. The monoisotopic (exact) mass is 315 g/mol. The maximum Gasteiger partial charge on any atom is 0.247 e. The highest BCUT2D eigenvalue weighted by Crippen LogP contribution is 2.28. The summed E-state index contributed by atoms with van der Waals surface area (Å²) < 4.78 is 0. The Morgan fingerprint density at radius 1 is 1.22 bits per heavy atom. The SMILES string of the molecule is CC(C)C(=O)N1CCCC1C(=O)Nc1cncc2c1CCCC2. The maximum absolute atomic E-state index is 12.7. The van der Waals surface area contributed by atoms with E-state index in [1.165, 1.54) is 17.5 Å². The summed E-state index contributed by atoms with van der Waals surface area (Å²) in [6.45, 7) is 4.44. The minimum atomic E-state index is -0.343. The van der Waals surface area contributed by atoms with E-state index < -0.39 is 0 Å². The van der Waals surface area contributed by atoms with Gasteiger partial charge in [-0.1, -0.05) is 13.8 Å². The first-order valence-corrected chi connectivity index (χ1v) is 8.65. The zero-order chi connectivity index (χ0) is 16.4. The smallest absolute Gasteiger partial charge is 0.247 e. The average Bonchev–Trinajstić information content (AvgIpc) is 3.04. The van der Waals surface area contributed by atoms with E-state index in [0.717, 1.165) is 37.8 Å². The number of nitrogens with zero attached hydrogens (tertiary/aromatic N) is 2. The van der Waals surface area contributed by atoms with Crippen molar-refractivity contribution in [1.82, 2.24) is 9.88 Å². The fourth-order valence-electron chi connectivity index (χ4n) is 3.62. The number of pyridine rings is 1. The van der Waals surface area contributed by atoms with Gasteiger partial charge in [0.15, 0.2) is 0 Å². The summed E-state index contributed by atoms with van der Waals surface area (Å²) in [5, 5.41) is 3.04. The van der Waals surface area contributed by atoms with Gasteiger partial charge in [-0.15, -0.1) is 0 Å². The van der Waals surface area contributed by atoms with Gasteiger partial charge in [0, 0.05) is 18.7 Å². The van der Waals surface area contributed by atoms with E-state index in [1.54, 1.807) is 11.1 Å². The number of anilines is 1. The highest BCUT2D eigenvalue weighted by atomic mass is 16.2. The molecule has 0 saturated carbocycles. The summed E-state index contributed by atoms with van der Waals surface area (Å²) >= 11 is 0. The van der Waals surface area contributed by atoms with Gasteiger partial charge >= 0.3 is 0 Å². The molecule has 124 valence electrons. The molecule has 2 aliphatic rings. The lowest BCUT2D eigenvalue weighted by Gasteiger charge is -2.26. The molecule has 1 aliphatic carbocycles. The first-order valence-electron chi connectivity index (χ1n) is 8.65. The van der Waals surface area contributed by atoms with E-state index in [2.05, 4.69) is 10.3 Å². The maximum atomic E-state index is 12.7. The Hall–Kier alpha value is -1.91. The summed E-state index contributed by atoms with van der Waals surface area (Å²) in [4.78, 5) is 31.0. The lowest BCUT2D eigenvalue weighted by Crippen LogP contribution is -2.44. The van der Waals surface area contributed by atoms with E-state index in [4.69, 9.17) is 0 Å². The van der Waals surface area contributed by atoms with Crippen molar-refractivity contribution in [3.05, 3.63) is 23.5 Å². The summed E-state index contributed by atoms with van der Waals surface area (Å²) in [5.74, 6) is -0.0808. The molecule has 1 fully saturated rings. The fraction of sp³-hybridized carbons (Fsp3) is 0.611. The summed E-state index contributed by atoms with van der Waals surface area (Å²) in [6.07, 6.45) is 9.65. The molecule has 0 radical (unpaired) electrons. The Morgan fingerprint density at radius 3 is 2.78 bits per heavy atom. The predicted octanol–water partition coefficient (Wildman–Crippen LogP) is 2.55. The van der Waals surface area contributed by atoms with Crippen LogP contribution in [0.3, 0.4) is 0 Å². The first-order chi connectivity index (χ1) is 11.1. The van der Waals surface area contributed by atoms with Gasteiger partial charge in [0.25, 0.3) is 0 Å². The highest BCUT2D eigenvalue weighted by molar-refractivity contribution is 5.98. The van der Waals surface area contributed by atoms with E-state index in [9.17, 15) is 9.59 Å². The van der Waals surface area contributed by atoms with Crippen LogP contribution < -0.4 is 5.32 Å². The normalized spacial score (nSPS) is 20.5. The van der Waals surface area contributed by atoms with Crippen LogP contribution in [0.4, 0.5) is 5.69 Å². The molecule has 1 N–H and O–H groups in total. The van der Waals surface area contributed by atoms with Crippen LogP contribution in [0.2, 0.25) is 0 Å². The van der Waals surface area contributed by atoms with Crippen molar-refractivity contribution in [3.8, 4) is 0 Å². The number of nitrogens with one attached hydrogen (secondary N) is 1. The minimum absolute atomic E-state index is 0.0656. The van der Waals surface area contributed by atoms with Crippen molar-refractivity contribution < 1.29 is 9.59 Å². The second-order valence-electron chi connectivity index (χ2n) is 6.87. The molecule has 1 saturated heterocycles. The van der Waals surface area contributed by atoms with Gasteiger partial charge in [-0.2, -0.15) is 0 Å². The van der Waals surface area contributed by atoms with Crippen molar-refractivity contribution in [2.45, 2.75) is 58.4 Å². The standard InChI is InChI=1S/C18H25N3O2/c1-12(2)18(23)21-9-5-8-16(21)17(22)20-15-11-19-10-13-6-3-4-7-14(13)15/h10-12,16H,3-9H2,1-2H3,(H,20,22). The van der Waals surface area contributed by atoms with Crippen molar-refractivity contribution in [1.29, 1.82) is 0 Å². The number of rotatable bonds is 3. The Morgan fingerprint density at radius 2 is 2.00 bits per heavy atom. The molecule has 1 aromatic heterocycles. The Balaban J connectivity index is 1.75. The number of hydrogen-bond donors (Lipinski definition) is 1. The number of hydrogen-bond acceptors (Lipinski definition) is 3. The zero-order valence-corrected chi connectivity index (χ0v) is 14.0. The third-order valence-corrected chi connectivity index (χ3v) is 4.86. The topological polar surface area (TPSA) is 62.3 Å². The average molecular weight is 315 g/mol. The molecule has 3 rings (SSSR count). The molecule has 1 aliphatic heterocycles. The molecule has 0 aromatic carbocycles. The van der Waals surface area contributed by atoms with Gasteiger partial charge in [-0.25, -0.2) is 0 Å². The van der Waals surface area contributed by atoms with Crippen LogP contribution in [0.25, 0.3) is 0 Å². The fourth-order valence-corrected chi connectivity index (χ4v) is 3.62. The second-order valence-corrected chi connectivity index (χ2v) is 6.87. The number of amides is 2. The second kappa shape index (κ2) is 6.69. The number of aromatic nitrogens is 1. The van der Waals surface area contributed by atoms with Gasteiger partial charge in [0.05, 0.1) is 11.9 Å². The van der Waals surface area contributed by atoms with Crippen molar-refractivity contribution in [2.24, 2.45) is 5.92 Å². The van der Waals surface area contributed by atoms with Gasteiger partial charge < -0.3 is 10.2 Å². The number of likely N-dealkylation sites (tertiary alicyclic amines) is 1. The molecule has 1 atom stereocenters. The zero-order valence-electron chi connectivity index (χ0n) is 14.0. The number of carbonyl (C=O) groups is 2. The first kappa shape index (κ1) is 16.0. The van der Waals surface area contributed by atoms with Crippen molar-refractivity contribution in [3.63, 3.8) is 0 Å². The minimum Gasteiger partial charge on any atom is -0.330 e. The van der Waals surface area contributed by atoms with Gasteiger partial charge in [0.2, 0.25) is 11.8 Å². The molecule has 2 heterocycles. The third-order valence-electron chi connectivity index (χ3n) is 4.86. The summed E-state index contributed by atoms with van der Waals surface area (Å²) in [7, 11) is 0. The summed E-state index contributed by atoms with van der Waals surface area (Å²) in [6, 6.07) is -0.343. The van der Waals surface area contributed by atoms with Crippen LogP contribution in [-0.4, -0.2) is 34.3 Å².